The highest BCUT2D eigenvalue weighted by atomic mass is 15.1. The van der Waals surface area contributed by atoms with Gasteiger partial charge in [-0.2, -0.15) is 0 Å². The molecule has 3 aromatic carbocycles. The standard InChI is InChI=1S/C24H24N2/c1-2-17-26(20-22-13-7-4-8-14-22)24-16-10-9-15-23(24)19-25-18-21-11-5-3-6-12-21/h2-16,19H,1,17-18,20H2. The van der Waals surface area contributed by atoms with Gasteiger partial charge in [0.25, 0.3) is 0 Å². The molecule has 0 N–H and O–H groups in total. The van der Waals surface area contributed by atoms with Gasteiger partial charge in [0, 0.05) is 30.6 Å². The lowest BCUT2D eigenvalue weighted by atomic mass is 10.1. The Morgan fingerprint density at radius 1 is 0.769 bits per heavy atom. The van der Waals surface area contributed by atoms with Crippen LogP contribution in [0.2, 0.25) is 0 Å². The van der Waals surface area contributed by atoms with Crippen molar-refractivity contribution < 1.29 is 0 Å². The fraction of sp³-hybridized carbons (Fsp3) is 0.125. The molecule has 2 heteroatoms. The van der Waals surface area contributed by atoms with Crippen molar-refractivity contribution in [3.8, 4) is 0 Å². The van der Waals surface area contributed by atoms with Crippen LogP contribution in [0.15, 0.2) is 103 Å². The Hall–Kier alpha value is -3.13. The van der Waals surface area contributed by atoms with Gasteiger partial charge in [0.05, 0.1) is 6.54 Å². The number of anilines is 1. The zero-order valence-corrected chi connectivity index (χ0v) is 15.0. The van der Waals surface area contributed by atoms with E-state index in [1.807, 2.05) is 36.6 Å². The zero-order chi connectivity index (χ0) is 18.0. The molecule has 0 unspecified atom stereocenters. The number of benzene rings is 3. The van der Waals surface area contributed by atoms with E-state index >= 15 is 0 Å². The second-order valence-corrected chi connectivity index (χ2v) is 6.17. The summed E-state index contributed by atoms with van der Waals surface area (Å²) in [6, 6.07) is 29.2. The van der Waals surface area contributed by atoms with E-state index in [2.05, 4.69) is 77.1 Å². The molecule has 3 aromatic rings. The van der Waals surface area contributed by atoms with Gasteiger partial charge >= 0.3 is 0 Å². The van der Waals surface area contributed by atoms with Crippen LogP contribution in [0.25, 0.3) is 0 Å². The van der Waals surface area contributed by atoms with Gasteiger partial charge in [-0.25, -0.2) is 0 Å². The summed E-state index contributed by atoms with van der Waals surface area (Å²) in [5, 5.41) is 0. The van der Waals surface area contributed by atoms with E-state index in [1.54, 1.807) is 0 Å². The second-order valence-electron chi connectivity index (χ2n) is 6.17. The summed E-state index contributed by atoms with van der Waals surface area (Å²) < 4.78 is 0. The maximum atomic E-state index is 4.64. The smallest absolute Gasteiger partial charge is 0.0639 e. The first-order chi connectivity index (χ1) is 12.9. The number of hydrogen-bond donors (Lipinski definition) is 0. The summed E-state index contributed by atoms with van der Waals surface area (Å²) in [4.78, 5) is 6.97. The minimum atomic E-state index is 0.690. The minimum Gasteiger partial charge on any atom is -0.363 e. The van der Waals surface area contributed by atoms with Gasteiger partial charge in [0.2, 0.25) is 0 Å². The summed E-state index contributed by atoms with van der Waals surface area (Å²) in [6.07, 6.45) is 3.92. The van der Waals surface area contributed by atoms with Crippen molar-refractivity contribution in [2.75, 3.05) is 11.4 Å². The van der Waals surface area contributed by atoms with Gasteiger partial charge in [0.1, 0.15) is 0 Å². The average Bonchev–Trinajstić information content (AvgIpc) is 2.70. The normalized spacial score (nSPS) is 10.8. The first-order valence-corrected chi connectivity index (χ1v) is 8.89. The summed E-state index contributed by atoms with van der Waals surface area (Å²) >= 11 is 0. The van der Waals surface area contributed by atoms with E-state index < -0.39 is 0 Å². The number of aliphatic imine (C=N–C) groups is 1. The Bertz CT molecular complexity index is 838. The zero-order valence-electron chi connectivity index (χ0n) is 15.0. The van der Waals surface area contributed by atoms with Crippen molar-refractivity contribution >= 4 is 11.9 Å². The Balaban J connectivity index is 1.80. The van der Waals surface area contributed by atoms with E-state index in [-0.39, 0.29) is 0 Å². The molecule has 0 radical (unpaired) electrons. The fourth-order valence-electron chi connectivity index (χ4n) is 2.93. The third kappa shape index (κ3) is 4.93. The monoisotopic (exact) mass is 340 g/mol. The van der Waals surface area contributed by atoms with Gasteiger partial charge in [-0.15, -0.1) is 6.58 Å². The number of hydrogen-bond acceptors (Lipinski definition) is 2. The molecule has 0 aromatic heterocycles. The molecule has 0 heterocycles. The van der Waals surface area contributed by atoms with Crippen LogP contribution in [-0.4, -0.2) is 12.8 Å². The minimum absolute atomic E-state index is 0.690. The highest BCUT2D eigenvalue weighted by molar-refractivity contribution is 5.88. The van der Waals surface area contributed by atoms with Gasteiger partial charge in [-0.3, -0.25) is 4.99 Å². The van der Waals surface area contributed by atoms with Crippen LogP contribution in [0.3, 0.4) is 0 Å². The molecule has 26 heavy (non-hydrogen) atoms. The predicted octanol–water partition coefficient (Wildman–Crippen LogP) is 5.50. The fourth-order valence-corrected chi connectivity index (χ4v) is 2.93. The molecule has 130 valence electrons. The largest absolute Gasteiger partial charge is 0.363 e. The van der Waals surface area contributed by atoms with Crippen molar-refractivity contribution in [2.24, 2.45) is 4.99 Å². The van der Waals surface area contributed by atoms with Crippen LogP contribution in [0.4, 0.5) is 5.69 Å². The van der Waals surface area contributed by atoms with Crippen molar-refractivity contribution in [1.29, 1.82) is 0 Å². The van der Waals surface area contributed by atoms with E-state index in [1.165, 1.54) is 16.8 Å². The second kappa shape index (κ2) is 9.38. The molecule has 0 amide bonds. The van der Waals surface area contributed by atoms with Crippen LogP contribution < -0.4 is 4.90 Å². The lowest BCUT2D eigenvalue weighted by molar-refractivity contribution is 0.867. The summed E-state index contributed by atoms with van der Waals surface area (Å²) in [6.45, 7) is 6.25. The van der Waals surface area contributed by atoms with Crippen molar-refractivity contribution in [3.05, 3.63) is 114 Å². The number of rotatable bonds is 8. The molecule has 0 aliphatic carbocycles. The quantitative estimate of drug-likeness (QED) is 0.390. The first kappa shape index (κ1) is 17.7. The Morgan fingerprint density at radius 3 is 2.08 bits per heavy atom. The van der Waals surface area contributed by atoms with Crippen molar-refractivity contribution in [1.82, 2.24) is 0 Å². The average molecular weight is 340 g/mol. The molecule has 0 saturated carbocycles. The van der Waals surface area contributed by atoms with E-state index in [0.29, 0.717) is 6.54 Å². The molecule has 2 nitrogen and oxygen atoms in total. The molecule has 0 spiro atoms. The van der Waals surface area contributed by atoms with Gasteiger partial charge in [0.15, 0.2) is 0 Å². The SMILES string of the molecule is C=CCN(Cc1ccccc1)c1ccccc1C=NCc1ccccc1. The van der Waals surface area contributed by atoms with Crippen LogP contribution >= 0.6 is 0 Å². The Morgan fingerprint density at radius 2 is 1.38 bits per heavy atom. The van der Waals surface area contributed by atoms with E-state index in [4.69, 9.17) is 0 Å². The van der Waals surface area contributed by atoms with E-state index in [9.17, 15) is 0 Å². The van der Waals surface area contributed by atoms with Crippen LogP contribution in [-0.2, 0) is 13.1 Å². The molecule has 0 bridgehead atoms. The highest BCUT2D eigenvalue weighted by Gasteiger charge is 2.09. The highest BCUT2D eigenvalue weighted by Crippen LogP contribution is 2.21. The van der Waals surface area contributed by atoms with Crippen LogP contribution in [0.5, 0.6) is 0 Å². The molecule has 0 atom stereocenters. The van der Waals surface area contributed by atoms with Gasteiger partial charge < -0.3 is 4.90 Å². The lowest BCUT2D eigenvalue weighted by Crippen LogP contribution is -2.23. The predicted molar refractivity (Wildman–Crippen MR) is 112 cm³/mol. The summed E-state index contributed by atoms with van der Waals surface area (Å²) in [5.41, 5.74) is 4.80. The maximum absolute atomic E-state index is 4.64. The Labute approximate surface area is 156 Å². The summed E-state index contributed by atoms with van der Waals surface area (Å²) in [5.74, 6) is 0. The molecule has 0 aliphatic rings. The number of para-hydroxylation sites is 1. The third-order valence-electron chi connectivity index (χ3n) is 4.19. The topological polar surface area (TPSA) is 15.6 Å². The molecular formula is C24H24N2. The third-order valence-corrected chi connectivity index (χ3v) is 4.19. The first-order valence-electron chi connectivity index (χ1n) is 8.89. The molecular weight excluding hydrogens is 316 g/mol. The van der Waals surface area contributed by atoms with Crippen molar-refractivity contribution in [2.45, 2.75) is 13.1 Å². The molecule has 0 saturated heterocycles. The maximum Gasteiger partial charge on any atom is 0.0639 e. The lowest BCUT2D eigenvalue weighted by Gasteiger charge is -2.25. The molecule has 3 rings (SSSR count). The summed E-state index contributed by atoms with van der Waals surface area (Å²) in [7, 11) is 0. The molecule has 0 aliphatic heterocycles. The molecule has 0 fully saturated rings. The van der Waals surface area contributed by atoms with Gasteiger partial charge in [-0.05, 0) is 17.2 Å². The van der Waals surface area contributed by atoms with Gasteiger partial charge in [-0.1, -0.05) is 84.9 Å². The van der Waals surface area contributed by atoms with Crippen LogP contribution in [0, 0.1) is 0 Å². The van der Waals surface area contributed by atoms with E-state index in [0.717, 1.165) is 18.7 Å². The van der Waals surface area contributed by atoms with Crippen LogP contribution in [0.1, 0.15) is 16.7 Å². The number of nitrogens with zero attached hydrogens (tertiary/aromatic N) is 2. The Kier molecular flexibility index (Phi) is 6.38. The van der Waals surface area contributed by atoms with Crippen molar-refractivity contribution in [3.63, 3.8) is 0 Å².